The highest BCUT2D eigenvalue weighted by molar-refractivity contribution is 5.79. The highest BCUT2D eigenvalue weighted by atomic mass is 16.5. The number of hydrogen-bond acceptors (Lipinski definition) is 3. The van der Waals surface area contributed by atoms with Crippen LogP contribution in [-0.4, -0.2) is 10.9 Å². The van der Waals surface area contributed by atoms with Gasteiger partial charge in [-0.2, -0.15) is 0 Å². The summed E-state index contributed by atoms with van der Waals surface area (Å²) < 4.78 is 5.77. The van der Waals surface area contributed by atoms with Crippen LogP contribution in [-0.2, 0) is 11.4 Å². The minimum Gasteiger partial charge on any atom is -0.489 e. The van der Waals surface area contributed by atoms with E-state index in [0.29, 0.717) is 6.61 Å². The fourth-order valence-electron chi connectivity index (χ4n) is 2.95. The largest absolute Gasteiger partial charge is 0.489 e. The molecule has 0 fully saturated rings. The second kappa shape index (κ2) is 8.47. The molecule has 1 amide bonds. The molecular formula is C21H24N2O2. The molecule has 0 spiro atoms. The molecule has 130 valence electrons. The third-order valence-electron chi connectivity index (χ3n) is 4.51. The summed E-state index contributed by atoms with van der Waals surface area (Å²) in [6.45, 7) is 2.51. The summed E-state index contributed by atoms with van der Waals surface area (Å²) in [5, 5.41) is 3.12. The Balaban J connectivity index is 1.52. The highest BCUT2D eigenvalue weighted by Crippen LogP contribution is 2.22. The van der Waals surface area contributed by atoms with Gasteiger partial charge >= 0.3 is 0 Å². The molecule has 2 aromatic rings. The smallest absolute Gasteiger partial charge is 0.223 e. The second-order valence-corrected chi connectivity index (χ2v) is 6.43. The molecule has 4 heteroatoms. The molecule has 25 heavy (non-hydrogen) atoms. The number of allylic oxidation sites excluding steroid dienone is 2. The molecule has 0 aliphatic heterocycles. The van der Waals surface area contributed by atoms with Gasteiger partial charge in [-0.1, -0.05) is 30.4 Å². The summed E-state index contributed by atoms with van der Waals surface area (Å²) in [5.41, 5.74) is 2.11. The standard InChI is InChI=1S/C21H24N2O2/c1-16(23-21(24)19-7-3-2-4-8-19)18-9-11-20(12-10-18)25-15-17-6-5-13-22-14-17/h2-3,5-6,9-14,16,19H,4,7-8,15H2,1H3,(H,23,24). The number of amides is 1. The van der Waals surface area contributed by atoms with Crippen molar-refractivity contribution in [3.8, 4) is 5.75 Å². The van der Waals surface area contributed by atoms with Gasteiger partial charge < -0.3 is 10.1 Å². The van der Waals surface area contributed by atoms with Crippen LogP contribution in [0.3, 0.4) is 0 Å². The number of carbonyl (C=O) groups excluding carboxylic acids is 1. The first-order valence-electron chi connectivity index (χ1n) is 8.79. The van der Waals surface area contributed by atoms with E-state index in [2.05, 4.69) is 22.5 Å². The number of benzene rings is 1. The Labute approximate surface area is 148 Å². The Morgan fingerprint density at radius 3 is 2.80 bits per heavy atom. The van der Waals surface area contributed by atoms with E-state index < -0.39 is 0 Å². The van der Waals surface area contributed by atoms with E-state index in [9.17, 15) is 4.79 Å². The van der Waals surface area contributed by atoms with E-state index in [-0.39, 0.29) is 17.9 Å². The Morgan fingerprint density at radius 2 is 2.12 bits per heavy atom. The van der Waals surface area contributed by atoms with E-state index in [1.807, 2.05) is 43.3 Å². The lowest BCUT2D eigenvalue weighted by molar-refractivity contribution is -0.125. The molecule has 0 saturated carbocycles. The third kappa shape index (κ3) is 4.92. The van der Waals surface area contributed by atoms with Gasteiger partial charge in [0.1, 0.15) is 12.4 Å². The van der Waals surface area contributed by atoms with Crippen LogP contribution < -0.4 is 10.1 Å². The first kappa shape index (κ1) is 17.2. The summed E-state index contributed by atoms with van der Waals surface area (Å²) in [7, 11) is 0. The maximum absolute atomic E-state index is 12.3. The number of ether oxygens (including phenoxy) is 1. The van der Waals surface area contributed by atoms with E-state index in [0.717, 1.165) is 36.1 Å². The van der Waals surface area contributed by atoms with Crippen molar-refractivity contribution in [3.05, 3.63) is 72.1 Å². The minimum atomic E-state index is -0.00854. The van der Waals surface area contributed by atoms with Gasteiger partial charge in [-0.15, -0.1) is 0 Å². The van der Waals surface area contributed by atoms with Gasteiger partial charge in [0.2, 0.25) is 5.91 Å². The molecule has 0 bridgehead atoms. The Hall–Kier alpha value is -2.62. The predicted molar refractivity (Wildman–Crippen MR) is 98.0 cm³/mol. The van der Waals surface area contributed by atoms with Crippen molar-refractivity contribution in [2.75, 3.05) is 0 Å². The third-order valence-corrected chi connectivity index (χ3v) is 4.51. The van der Waals surface area contributed by atoms with Crippen molar-refractivity contribution >= 4 is 5.91 Å². The Bertz CT molecular complexity index is 710. The van der Waals surface area contributed by atoms with Crippen molar-refractivity contribution in [3.63, 3.8) is 0 Å². The highest BCUT2D eigenvalue weighted by Gasteiger charge is 2.20. The number of nitrogens with one attached hydrogen (secondary N) is 1. The van der Waals surface area contributed by atoms with Crippen molar-refractivity contribution in [2.24, 2.45) is 5.92 Å². The Kier molecular flexibility index (Phi) is 5.83. The summed E-state index contributed by atoms with van der Waals surface area (Å²) in [6.07, 6.45) is 10.6. The molecule has 3 rings (SSSR count). The maximum atomic E-state index is 12.3. The van der Waals surface area contributed by atoms with Crippen molar-refractivity contribution in [1.29, 1.82) is 0 Å². The van der Waals surface area contributed by atoms with Crippen LogP contribution in [0.1, 0.15) is 43.4 Å². The van der Waals surface area contributed by atoms with E-state index in [1.165, 1.54) is 0 Å². The predicted octanol–water partition coefficient (Wildman–Crippen LogP) is 4.19. The van der Waals surface area contributed by atoms with Gasteiger partial charge in [0, 0.05) is 23.9 Å². The molecule has 1 aromatic heterocycles. The molecule has 1 N–H and O–H groups in total. The number of nitrogens with zero attached hydrogens (tertiary/aromatic N) is 1. The van der Waals surface area contributed by atoms with Crippen LogP contribution in [0.15, 0.2) is 60.9 Å². The van der Waals surface area contributed by atoms with Crippen molar-refractivity contribution < 1.29 is 9.53 Å². The monoisotopic (exact) mass is 336 g/mol. The number of pyridine rings is 1. The number of carbonyl (C=O) groups is 1. The molecule has 1 heterocycles. The normalized spacial score (nSPS) is 17.7. The van der Waals surface area contributed by atoms with Crippen LogP contribution in [0.25, 0.3) is 0 Å². The SMILES string of the molecule is CC(NC(=O)C1CC=CCC1)c1ccc(OCc2cccnc2)cc1. The van der Waals surface area contributed by atoms with Gasteiger partial charge in [-0.25, -0.2) is 0 Å². The summed E-state index contributed by atoms with van der Waals surface area (Å²) >= 11 is 0. The van der Waals surface area contributed by atoms with Crippen molar-refractivity contribution in [1.82, 2.24) is 10.3 Å². The van der Waals surface area contributed by atoms with Gasteiger partial charge in [-0.05, 0) is 49.9 Å². The topological polar surface area (TPSA) is 51.2 Å². The lowest BCUT2D eigenvalue weighted by atomic mass is 9.93. The summed E-state index contributed by atoms with van der Waals surface area (Å²) in [5.74, 6) is 1.06. The molecule has 1 aromatic carbocycles. The minimum absolute atomic E-state index is 0.00854. The fraction of sp³-hybridized carbons (Fsp3) is 0.333. The fourth-order valence-corrected chi connectivity index (χ4v) is 2.95. The average Bonchev–Trinajstić information content (AvgIpc) is 2.68. The van der Waals surface area contributed by atoms with Crippen LogP contribution in [0.5, 0.6) is 5.75 Å². The van der Waals surface area contributed by atoms with Gasteiger partial charge in [0.15, 0.2) is 0 Å². The zero-order valence-electron chi connectivity index (χ0n) is 14.5. The lowest BCUT2D eigenvalue weighted by Gasteiger charge is -2.21. The van der Waals surface area contributed by atoms with Gasteiger partial charge in [0.25, 0.3) is 0 Å². The van der Waals surface area contributed by atoms with Crippen LogP contribution >= 0.6 is 0 Å². The van der Waals surface area contributed by atoms with Gasteiger partial charge in [0.05, 0.1) is 6.04 Å². The molecule has 0 saturated heterocycles. The molecule has 1 aliphatic carbocycles. The van der Waals surface area contributed by atoms with E-state index in [4.69, 9.17) is 4.74 Å². The van der Waals surface area contributed by atoms with Crippen LogP contribution in [0.4, 0.5) is 0 Å². The van der Waals surface area contributed by atoms with Crippen LogP contribution in [0, 0.1) is 5.92 Å². The molecule has 2 atom stereocenters. The molecule has 4 nitrogen and oxygen atoms in total. The lowest BCUT2D eigenvalue weighted by Crippen LogP contribution is -2.33. The zero-order chi connectivity index (χ0) is 17.5. The number of rotatable bonds is 6. The number of hydrogen-bond donors (Lipinski definition) is 1. The van der Waals surface area contributed by atoms with E-state index >= 15 is 0 Å². The molecule has 2 unspecified atom stereocenters. The van der Waals surface area contributed by atoms with E-state index in [1.54, 1.807) is 12.4 Å². The Morgan fingerprint density at radius 1 is 1.28 bits per heavy atom. The molecule has 0 radical (unpaired) electrons. The molecule has 1 aliphatic rings. The first-order chi connectivity index (χ1) is 12.2. The zero-order valence-corrected chi connectivity index (χ0v) is 14.5. The maximum Gasteiger partial charge on any atom is 0.223 e. The molecular weight excluding hydrogens is 312 g/mol. The first-order valence-corrected chi connectivity index (χ1v) is 8.79. The summed E-state index contributed by atoms with van der Waals surface area (Å²) in [6, 6.07) is 11.8. The quantitative estimate of drug-likeness (QED) is 0.805. The second-order valence-electron chi connectivity index (χ2n) is 6.43. The van der Waals surface area contributed by atoms with Crippen molar-refractivity contribution in [2.45, 2.75) is 38.8 Å². The average molecular weight is 336 g/mol. The van der Waals surface area contributed by atoms with Gasteiger partial charge in [-0.3, -0.25) is 9.78 Å². The van der Waals surface area contributed by atoms with Crippen LogP contribution in [0.2, 0.25) is 0 Å². The summed E-state index contributed by atoms with van der Waals surface area (Å²) in [4.78, 5) is 16.4. The number of aromatic nitrogens is 1.